The molecule has 0 unspecified atom stereocenters. The van der Waals surface area contributed by atoms with Gasteiger partial charge in [0.2, 0.25) is 0 Å². The van der Waals surface area contributed by atoms with E-state index in [4.69, 9.17) is 4.74 Å². The molecular weight excluding hydrogens is 541 g/mol. The molecule has 0 bridgehead atoms. The number of rotatable bonds is 15. The summed E-state index contributed by atoms with van der Waals surface area (Å²) in [5.74, 6) is -0.288. The van der Waals surface area contributed by atoms with Crippen molar-refractivity contribution in [3.05, 3.63) is 67.1 Å². The lowest BCUT2D eigenvalue weighted by Crippen LogP contribution is -2.18. The van der Waals surface area contributed by atoms with Gasteiger partial charge in [0.25, 0.3) is 0 Å². The number of benzene rings is 2. The molecule has 41 heavy (non-hydrogen) atoms. The number of unbranched alkanes of at least 4 members (excludes halogenated alkanes) is 1. The summed E-state index contributed by atoms with van der Waals surface area (Å²) in [7, 11) is 0. The zero-order valence-corrected chi connectivity index (χ0v) is 21.9. The van der Waals surface area contributed by atoms with Crippen molar-refractivity contribution in [2.24, 2.45) is 0 Å². The Bertz CT molecular complexity index is 1500. The van der Waals surface area contributed by atoms with Crippen molar-refractivity contribution in [3.63, 3.8) is 0 Å². The summed E-state index contributed by atoms with van der Waals surface area (Å²) in [6.07, 6.45) is 5.09. The lowest BCUT2D eigenvalue weighted by Gasteiger charge is -2.14. The molecule has 0 saturated heterocycles. The van der Waals surface area contributed by atoms with E-state index in [1.54, 1.807) is 31.1 Å². The first-order valence-corrected chi connectivity index (χ1v) is 12.9. The zero-order chi connectivity index (χ0) is 28.5. The molecule has 0 aliphatic heterocycles. The number of nitrogens with zero attached hydrogens (tertiary/aromatic N) is 5. The van der Waals surface area contributed by atoms with Crippen LogP contribution in [-0.4, -0.2) is 67.8 Å². The smallest absolute Gasteiger partial charge is 0.406 e. The van der Waals surface area contributed by atoms with Crippen molar-refractivity contribution in [2.75, 3.05) is 36.9 Å². The Morgan fingerprint density at radius 3 is 2.59 bits per heavy atom. The number of aromatic nitrogens is 7. The van der Waals surface area contributed by atoms with Crippen LogP contribution in [0, 0.1) is 0 Å². The second-order valence-electron chi connectivity index (χ2n) is 9.14. The van der Waals surface area contributed by atoms with Gasteiger partial charge in [-0.1, -0.05) is 0 Å². The maximum atomic E-state index is 12.8. The van der Waals surface area contributed by atoms with Crippen molar-refractivity contribution in [1.29, 1.82) is 0 Å². The average Bonchev–Trinajstić information content (AvgIpc) is 3.71. The SMILES string of the molecule is FC(F)(F)Oc1cc(CNCCCCOCCNc2cc(-n3cnnc3)cc3[nH]ncc23)cc(Nc2cn[nH]c2)c1. The van der Waals surface area contributed by atoms with E-state index >= 15 is 0 Å². The maximum Gasteiger partial charge on any atom is 0.573 e. The maximum absolute atomic E-state index is 12.8. The number of anilines is 3. The predicted molar refractivity (Wildman–Crippen MR) is 146 cm³/mol. The molecule has 15 heteroatoms. The molecule has 0 atom stereocenters. The standard InChI is InChI=1S/C26H29F3N10O2/c27-26(28,29)41-22-8-18(7-19(9-22)37-20-13-32-33-14-20)12-30-3-1-2-5-40-6-4-31-24-10-21(39-16-35-36-17-39)11-25-23(24)15-34-38-25/h7-11,13-17,30-31,37H,1-6,12H2,(H,32,33)(H,34,38). The molecule has 12 nitrogen and oxygen atoms in total. The minimum Gasteiger partial charge on any atom is -0.406 e. The first-order valence-electron chi connectivity index (χ1n) is 12.9. The summed E-state index contributed by atoms with van der Waals surface area (Å²) in [5.41, 5.74) is 4.48. The highest BCUT2D eigenvalue weighted by atomic mass is 19.4. The molecule has 0 aliphatic rings. The molecule has 0 fully saturated rings. The Hall–Kier alpha value is -4.63. The van der Waals surface area contributed by atoms with Crippen molar-refractivity contribution >= 4 is 28.0 Å². The van der Waals surface area contributed by atoms with E-state index in [0.717, 1.165) is 35.1 Å². The van der Waals surface area contributed by atoms with Crippen LogP contribution in [0.2, 0.25) is 0 Å². The Kier molecular flexibility index (Phi) is 8.95. The first kappa shape index (κ1) is 27.9. The highest BCUT2D eigenvalue weighted by Gasteiger charge is 2.31. The number of hydrogen-bond donors (Lipinski definition) is 5. The van der Waals surface area contributed by atoms with Crippen LogP contribution < -0.4 is 20.7 Å². The largest absolute Gasteiger partial charge is 0.573 e. The van der Waals surface area contributed by atoms with Gasteiger partial charge in [-0.2, -0.15) is 10.2 Å². The van der Waals surface area contributed by atoms with E-state index in [1.807, 2.05) is 16.7 Å². The summed E-state index contributed by atoms with van der Waals surface area (Å²) < 4.78 is 50.1. The van der Waals surface area contributed by atoms with Crippen LogP contribution in [0.1, 0.15) is 18.4 Å². The first-order chi connectivity index (χ1) is 19.9. The number of halogens is 3. The van der Waals surface area contributed by atoms with Crippen LogP contribution >= 0.6 is 0 Å². The molecule has 5 N–H and O–H groups in total. The quantitative estimate of drug-likeness (QED) is 0.115. The highest BCUT2D eigenvalue weighted by molar-refractivity contribution is 5.93. The molecule has 3 heterocycles. The predicted octanol–water partition coefficient (Wildman–Crippen LogP) is 4.51. The number of alkyl halides is 3. The van der Waals surface area contributed by atoms with Gasteiger partial charge in [-0.3, -0.25) is 14.8 Å². The van der Waals surface area contributed by atoms with Gasteiger partial charge in [0.15, 0.2) is 0 Å². The van der Waals surface area contributed by atoms with Crippen LogP contribution in [0.3, 0.4) is 0 Å². The monoisotopic (exact) mass is 570 g/mol. The molecule has 0 spiro atoms. The van der Waals surface area contributed by atoms with Crippen LogP contribution in [0.25, 0.3) is 16.6 Å². The highest BCUT2D eigenvalue weighted by Crippen LogP contribution is 2.29. The number of H-pyrrole nitrogens is 2. The van der Waals surface area contributed by atoms with Crippen molar-refractivity contribution in [1.82, 2.24) is 40.5 Å². The topological polar surface area (TPSA) is 143 Å². The van der Waals surface area contributed by atoms with Crippen LogP contribution in [0.4, 0.5) is 30.2 Å². The van der Waals surface area contributed by atoms with Gasteiger partial charge in [0, 0.05) is 48.7 Å². The fraction of sp³-hybridized carbons (Fsp3) is 0.308. The van der Waals surface area contributed by atoms with Crippen LogP contribution in [-0.2, 0) is 11.3 Å². The second kappa shape index (κ2) is 13.1. The molecule has 0 radical (unpaired) electrons. The average molecular weight is 571 g/mol. The van der Waals surface area contributed by atoms with Gasteiger partial charge < -0.3 is 25.4 Å². The molecule has 3 aromatic heterocycles. The molecule has 0 aliphatic carbocycles. The van der Waals surface area contributed by atoms with Crippen molar-refractivity contribution in [3.8, 4) is 11.4 Å². The normalized spacial score (nSPS) is 11.7. The molecule has 5 aromatic rings. The Morgan fingerprint density at radius 1 is 0.902 bits per heavy atom. The summed E-state index contributed by atoms with van der Waals surface area (Å²) in [4.78, 5) is 0. The van der Waals surface area contributed by atoms with E-state index in [9.17, 15) is 13.2 Å². The molecule has 0 saturated carbocycles. The number of ether oxygens (including phenoxy) is 2. The summed E-state index contributed by atoms with van der Waals surface area (Å²) >= 11 is 0. The second-order valence-corrected chi connectivity index (χ2v) is 9.14. The minimum atomic E-state index is -4.78. The van der Waals surface area contributed by atoms with Gasteiger partial charge >= 0.3 is 6.36 Å². The Morgan fingerprint density at radius 2 is 1.78 bits per heavy atom. The Balaban J connectivity index is 1.01. The molecule has 5 rings (SSSR count). The van der Waals surface area contributed by atoms with E-state index in [0.29, 0.717) is 49.8 Å². The van der Waals surface area contributed by atoms with Crippen molar-refractivity contribution < 1.29 is 22.6 Å². The zero-order valence-electron chi connectivity index (χ0n) is 21.9. The molecule has 2 aromatic carbocycles. The summed E-state index contributed by atoms with van der Waals surface area (Å²) in [6.45, 7) is 2.82. The van der Waals surface area contributed by atoms with Crippen LogP contribution in [0.15, 0.2) is 61.6 Å². The fourth-order valence-corrected chi connectivity index (χ4v) is 4.23. The van der Waals surface area contributed by atoms with E-state index in [2.05, 4.69) is 51.3 Å². The van der Waals surface area contributed by atoms with Gasteiger partial charge in [0.1, 0.15) is 18.4 Å². The van der Waals surface area contributed by atoms with Gasteiger partial charge in [-0.05, 0) is 49.2 Å². The Labute approximate surface area is 232 Å². The number of nitrogens with one attached hydrogen (secondary N) is 5. The summed E-state index contributed by atoms with van der Waals surface area (Å²) in [6, 6.07) is 8.41. The third kappa shape index (κ3) is 8.18. The third-order valence-corrected chi connectivity index (χ3v) is 6.03. The van der Waals surface area contributed by atoms with Crippen molar-refractivity contribution in [2.45, 2.75) is 25.7 Å². The lowest BCUT2D eigenvalue weighted by atomic mass is 10.1. The molecule has 0 amide bonds. The van der Waals surface area contributed by atoms with E-state index in [1.165, 1.54) is 18.3 Å². The fourth-order valence-electron chi connectivity index (χ4n) is 4.23. The van der Waals surface area contributed by atoms with Crippen LogP contribution in [0.5, 0.6) is 5.75 Å². The lowest BCUT2D eigenvalue weighted by molar-refractivity contribution is -0.274. The van der Waals surface area contributed by atoms with Gasteiger partial charge in [-0.15, -0.1) is 23.4 Å². The molecule has 216 valence electrons. The van der Waals surface area contributed by atoms with E-state index < -0.39 is 6.36 Å². The number of aromatic amines is 2. The summed E-state index contributed by atoms with van der Waals surface area (Å²) in [5, 5.41) is 32.0. The van der Waals surface area contributed by atoms with E-state index in [-0.39, 0.29) is 5.75 Å². The van der Waals surface area contributed by atoms with Gasteiger partial charge in [-0.25, -0.2) is 0 Å². The minimum absolute atomic E-state index is 0.288. The van der Waals surface area contributed by atoms with Gasteiger partial charge in [0.05, 0.1) is 35.9 Å². The number of hydrogen-bond acceptors (Lipinski definition) is 9. The molecular formula is C26H29F3N10O2. The third-order valence-electron chi connectivity index (χ3n) is 6.03. The number of fused-ring (bicyclic) bond motifs is 1.